The van der Waals surface area contributed by atoms with Crippen LogP contribution in [0.3, 0.4) is 0 Å². The molecule has 0 unspecified atom stereocenters. The average molecular weight is 419 g/mol. The fourth-order valence-electron chi connectivity index (χ4n) is 4.19. The number of carbonyl (C=O) groups is 2. The maximum Gasteiger partial charge on any atom is 0.410 e. The number of rotatable bonds is 3. The van der Waals surface area contributed by atoms with Crippen LogP contribution in [0.5, 0.6) is 5.75 Å². The highest BCUT2D eigenvalue weighted by molar-refractivity contribution is 5.84. The zero-order chi connectivity index (χ0) is 22.1. The van der Waals surface area contributed by atoms with Gasteiger partial charge in [0.25, 0.3) is 0 Å². The van der Waals surface area contributed by atoms with Gasteiger partial charge >= 0.3 is 6.09 Å². The van der Waals surface area contributed by atoms with Gasteiger partial charge in [0.15, 0.2) is 0 Å². The van der Waals surface area contributed by atoms with Crippen LogP contribution in [0.25, 0.3) is 0 Å². The van der Waals surface area contributed by atoms with Crippen molar-refractivity contribution in [1.29, 1.82) is 0 Å². The van der Waals surface area contributed by atoms with Gasteiger partial charge in [0.05, 0.1) is 12.8 Å². The molecule has 2 fully saturated rings. The molecule has 0 atom stereocenters. The predicted molar refractivity (Wildman–Crippen MR) is 117 cm³/mol. The quantitative estimate of drug-likeness (QED) is 0.759. The summed E-state index contributed by atoms with van der Waals surface area (Å²) in [7, 11) is 1.62. The maximum absolute atomic E-state index is 12.7. The van der Waals surface area contributed by atoms with E-state index in [4.69, 9.17) is 15.2 Å². The van der Waals surface area contributed by atoms with E-state index in [9.17, 15) is 9.59 Å². The summed E-state index contributed by atoms with van der Waals surface area (Å²) in [5.41, 5.74) is 8.33. The van der Waals surface area contributed by atoms with E-state index in [1.807, 2.05) is 37.8 Å². The number of anilines is 2. The molecular weight excluding hydrogens is 384 g/mol. The Bertz CT molecular complexity index is 797. The minimum Gasteiger partial charge on any atom is -0.495 e. The zero-order valence-corrected chi connectivity index (χ0v) is 18.7. The molecule has 0 radical (unpaired) electrons. The van der Waals surface area contributed by atoms with E-state index in [0.29, 0.717) is 24.5 Å². The van der Waals surface area contributed by atoms with Gasteiger partial charge in [0.1, 0.15) is 17.9 Å². The SMILES string of the molecule is COc1cc(N2CCC(N3CCN(C(=O)OC(C)(C)C)CC3=O)CC2)c(C)cc1N. The number of methoxy groups -OCH3 is 1. The summed E-state index contributed by atoms with van der Waals surface area (Å²) in [4.78, 5) is 30.8. The largest absolute Gasteiger partial charge is 0.495 e. The Morgan fingerprint density at radius 2 is 1.80 bits per heavy atom. The van der Waals surface area contributed by atoms with Crippen LogP contribution in [0.15, 0.2) is 12.1 Å². The predicted octanol–water partition coefficient (Wildman–Crippen LogP) is 2.63. The Kier molecular flexibility index (Phi) is 6.33. The first-order chi connectivity index (χ1) is 14.1. The number of ether oxygens (including phenoxy) is 2. The number of hydrogen-bond donors (Lipinski definition) is 1. The molecule has 1 aromatic rings. The topological polar surface area (TPSA) is 88.3 Å². The fraction of sp³-hybridized carbons (Fsp3) is 0.636. The van der Waals surface area contributed by atoms with Gasteiger partial charge in [-0.15, -0.1) is 0 Å². The summed E-state index contributed by atoms with van der Waals surface area (Å²) in [5.74, 6) is 0.682. The van der Waals surface area contributed by atoms with E-state index in [1.54, 1.807) is 7.11 Å². The van der Waals surface area contributed by atoms with E-state index in [2.05, 4.69) is 11.8 Å². The van der Waals surface area contributed by atoms with E-state index in [1.165, 1.54) is 4.90 Å². The van der Waals surface area contributed by atoms with Crippen molar-refractivity contribution in [2.75, 3.05) is 50.5 Å². The highest BCUT2D eigenvalue weighted by Crippen LogP contribution is 2.33. The molecule has 2 heterocycles. The van der Waals surface area contributed by atoms with Gasteiger partial charge in [-0.05, 0) is 52.2 Å². The van der Waals surface area contributed by atoms with Crippen LogP contribution in [0.1, 0.15) is 39.2 Å². The number of amides is 2. The number of hydrogen-bond acceptors (Lipinski definition) is 6. The van der Waals surface area contributed by atoms with Gasteiger partial charge in [-0.2, -0.15) is 0 Å². The summed E-state index contributed by atoms with van der Waals surface area (Å²) in [6.07, 6.45) is 1.37. The Morgan fingerprint density at radius 1 is 1.13 bits per heavy atom. The van der Waals surface area contributed by atoms with E-state index >= 15 is 0 Å². The van der Waals surface area contributed by atoms with Crippen molar-refractivity contribution in [3.05, 3.63) is 17.7 Å². The lowest BCUT2D eigenvalue weighted by atomic mass is 10.00. The van der Waals surface area contributed by atoms with Crippen molar-refractivity contribution in [1.82, 2.24) is 9.80 Å². The van der Waals surface area contributed by atoms with E-state index < -0.39 is 11.7 Å². The summed E-state index contributed by atoms with van der Waals surface area (Å²) < 4.78 is 10.8. The van der Waals surface area contributed by atoms with Crippen molar-refractivity contribution < 1.29 is 19.1 Å². The van der Waals surface area contributed by atoms with Crippen LogP contribution >= 0.6 is 0 Å². The third kappa shape index (κ3) is 4.91. The van der Waals surface area contributed by atoms with Crippen molar-refractivity contribution in [3.63, 3.8) is 0 Å². The molecule has 0 spiro atoms. The molecule has 1 aromatic carbocycles. The molecule has 0 bridgehead atoms. The Morgan fingerprint density at radius 3 is 2.37 bits per heavy atom. The first-order valence-electron chi connectivity index (χ1n) is 10.6. The van der Waals surface area contributed by atoms with E-state index in [-0.39, 0.29) is 18.5 Å². The smallest absolute Gasteiger partial charge is 0.410 e. The number of aryl methyl sites for hydroxylation is 1. The van der Waals surface area contributed by atoms with Crippen LogP contribution < -0.4 is 15.4 Å². The lowest BCUT2D eigenvalue weighted by Crippen LogP contribution is -2.57. The second-order valence-electron chi connectivity index (χ2n) is 9.09. The minimum atomic E-state index is -0.562. The van der Waals surface area contributed by atoms with Crippen molar-refractivity contribution in [2.24, 2.45) is 0 Å². The van der Waals surface area contributed by atoms with Gasteiger partial charge in [0, 0.05) is 44.0 Å². The lowest BCUT2D eigenvalue weighted by Gasteiger charge is -2.43. The summed E-state index contributed by atoms with van der Waals surface area (Å²) in [5, 5.41) is 0. The Hall–Kier alpha value is -2.64. The molecular formula is C22H34N4O4. The lowest BCUT2D eigenvalue weighted by molar-refractivity contribution is -0.139. The van der Waals surface area contributed by atoms with Gasteiger partial charge in [-0.1, -0.05) is 0 Å². The first-order valence-corrected chi connectivity index (χ1v) is 10.6. The maximum atomic E-state index is 12.7. The van der Waals surface area contributed by atoms with Crippen molar-refractivity contribution in [3.8, 4) is 5.75 Å². The second kappa shape index (κ2) is 8.62. The van der Waals surface area contributed by atoms with Gasteiger partial charge < -0.3 is 25.0 Å². The summed E-state index contributed by atoms with van der Waals surface area (Å²) >= 11 is 0. The number of nitrogen functional groups attached to an aromatic ring is 1. The first kappa shape index (κ1) is 22.1. The van der Waals surface area contributed by atoms with Crippen LogP contribution in [-0.4, -0.2) is 73.3 Å². The normalized spacial score (nSPS) is 18.6. The third-order valence-electron chi connectivity index (χ3n) is 5.70. The van der Waals surface area contributed by atoms with Gasteiger partial charge in [-0.25, -0.2) is 4.79 Å². The molecule has 3 rings (SSSR count). The Balaban J connectivity index is 1.57. The number of nitrogens with zero attached hydrogens (tertiary/aromatic N) is 3. The number of nitrogens with two attached hydrogens (primary N) is 1. The van der Waals surface area contributed by atoms with Crippen LogP contribution in [0.2, 0.25) is 0 Å². The second-order valence-corrected chi connectivity index (χ2v) is 9.09. The van der Waals surface area contributed by atoms with Crippen molar-refractivity contribution >= 4 is 23.4 Å². The molecule has 2 amide bonds. The molecule has 8 nitrogen and oxygen atoms in total. The monoisotopic (exact) mass is 418 g/mol. The highest BCUT2D eigenvalue weighted by Gasteiger charge is 2.35. The third-order valence-corrected chi connectivity index (χ3v) is 5.70. The zero-order valence-electron chi connectivity index (χ0n) is 18.7. The van der Waals surface area contributed by atoms with Crippen LogP contribution in [-0.2, 0) is 9.53 Å². The molecule has 0 aliphatic carbocycles. The summed E-state index contributed by atoms with van der Waals surface area (Å²) in [6.45, 7) is 10.4. The molecule has 0 saturated carbocycles. The molecule has 2 aliphatic heterocycles. The number of piperazine rings is 1. The van der Waals surface area contributed by atoms with Crippen LogP contribution in [0.4, 0.5) is 16.2 Å². The molecule has 2 N–H and O–H groups in total. The Labute approximate surface area is 178 Å². The molecule has 2 aliphatic rings. The average Bonchev–Trinajstić information content (AvgIpc) is 2.67. The molecule has 8 heteroatoms. The highest BCUT2D eigenvalue weighted by atomic mass is 16.6. The standard InChI is InChI=1S/C22H34N4O4/c1-15-12-17(23)19(29-5)13-18(15)24-8-6-16(7-9-24)26-11-10-25(14-20(26)27)21(28)30-22(2,3)4/h12-13,16H,6-11,14,23H2,1-5H3. The summed E-state index contributed by atoms with van der Waals surface area (Å²) in [6, 6.07) is 4.14. The van der Waals surface area contributed by atoms with Crippen LogP contribution in [0, 0.1) is 6.92 Å². The number of carbonyl (C=O) groups excluding carboxylic acids is 2. The van der Waals surface area contributed by atoms with Gasteiger partial charge in [0.2, 0.25) is 5.91 Å². The molecule has 2 saturated heterocycles. The molecule has 30 heavy (non-hydrogen) atoms. The molecule has 0 aromatic heterocycles. The van der Waals surface area contributed by atoms with E-state index in [0.717, 1.165) is 37.2 Å². The fourth-order valence-corrected chi connectivity index (χ4v) is 4.19. The molecule has 166 valence electrons. The van der Waals surface area contributed by atoms with Crippen molar-refractivity contribution in [2.45, 2.75) is 52.2 Å². The minimum absolute atomic E-state index is 0.00380. The number of benzene rings is 1. The van der Waals surface area contributed by atoms with Gasteiger partial charge in [-0.3, -0.25) is 9.69 Å². The number of piperidine rings is 1.